The molecule has 0 bridgehead atoms. The summed E-state index contributed by atoms with van der Waals surface area (Å²) in [6.45, 7) is 1.88. The van der Waals surface area contributed by atoms with Gasteiger partial charge in [0.2, 0.25) is 0 Å². The van der Waals surface area contributed by atoms with Crippen molar-refractivity contribution in [1.29, 1.82) is 0 Å². The van der Waals surface area contributed by atoms with Gasteiger partial charge in [0, 0.05) is 7.05 Å². The Hall–Kier alpha value is -0.570. The maximum Gasteiger partial charge on any atom is 0.119 e. The molecule has 0 heterocycles. The molecule has 0 rings (SSSR count). The van der Waals surface area contributed by atoms with Gasteiger partial charge in [-0.05, 0) is 6.92 Å². The van der Waals surface area contributed by atoms with Gasteiger partial charge in [0.05, 0.1) is 5.70 Å². The Bertz CT molecular complexity index is 118. The van der Waals surface area contributed by atoms with Gasteiger partial charge in [0.25, 0.3) is 0 Å². The van der Waals surface area contributed by atoms with Gasteiger partial charge in [-0.2, -0.15) is 0 Å². The van der Waals surface area contributed by atoms with Crippen LogP contribution in [0.1, 0.15) is 6.92 Å². The molecule has 0 saturated heterocycles. The van der Waals surface area contributed by atoms with E-state index in [9.17, 15) is 0 Å². The SMILES string of the molecule is C/C=C(\NC)C(N)=S. The summed E-state index contributed by atoms with van der Waals surface area (Å²) < 4.78 is 0. The van der Waals surface area contributed by atoms with Crippen LogP contribution >= 0.6 is 12.2 Å². The number of hydrogen-bond acceptors (Lipinski definition) is 2. The van der Waals surface area contributed by atoms with Crippen molar-refractivity contribution in [3.63, 3.8) is 0 Å². The fourth-order valence-electron chi connectivity index (χ4n) is 0.410. The number of rotatable bonds is 2. The van der Waals surface area contributed by atoms with E-state index in [0.717, 1.165) is 5.70 Å². The number of hydrogen-bond donors (Lipinski definition) is 2. The van der Waals surface area contributed by atoms with Gasteiger partial charge in [-0.3, -0.25) is 0 Å². The van der Waals surface area contributed by atoms with E-state index in [4.69, 9.17) is 5.73 Å². The van der Waals surface area contributed by atoms with E-state index in [1.165, 1.54) is 0 Å². The topological polar surface area (TPSA) is 38.0 Å². The van der Waals surface area contributed by atoms with Crippen molar-refractivity contribution >= 4 is 17.2 Å². The second-order valence-corrected chi connectivity index (χ2v) is 1.76. The molecule has 0 saturated carbocycles. The van der Waals surface area contributed by atoms with E-state index >= 15 is 0 Å². The molecule has 0 fully saturated rings. The van der Waals surface area contributed by atoms with E-state index in [0.29, 0.717) is 4.99 Å². The van der Waals surface area contributed by atoms with Crippen LogP contribution in [0.5, 0.6) is 0 Å². The molecule has 3 N–H and O–H groups in total. The van der Waals surface area contributed by atoms with Crippen LogP contribution in [-0.4, -0.2) is 12.0 Å². The molecule has 3 heteroatoms. The Morgan fingerprint density at radius 1 is 1.75 bits per heavy atom. The maximum atomic E-state index is 5.26. The zero-order valence-electron chi connectivity index (χ0n) is 5.06. The van der Waals surface area contributed by atoms with Crippen LogP contribution in [0.2, 0.25) is 0 Å². The van der Waals surface area contributed by atoms with E-state index in [2.05, 4.69) is 17.5 Å². The fraction of sp³-hybridized carbons (Fsp3) is 0.400. The summed E-state index contributed by atoms with van der Waals surface area (Å²) in [5.74, 6) is 0. The van der Waals surface area contributed by atoms with Crippen molar-refractivity contribution in [1.82, 2.24) is 5.32 Å². The first-order valence-corrected chi connectivity index (χ1v) is 2.77. The van der Waals surface area contributed by atoms with Crippen LogP contribution in [0.15, 0.2) is 11.8 Å². The van der Waals surface area contributed by atoms with Gasteiger partial charge >= 0.3 is 0 Å². The molecule has 0 spiro atoms. The van der Waals surface area contributed by atoms with Crippen LogP contribution in [0, 0.1) is 0 Å². The molecule has 0 aliphatic rings. The number of nitrogens with one attached hydrogen (secondary N) is 1. The van der Waals surface area contributed by atoms with Gasteiger partial charge in [-0.15, -0.1) is 0 Å². The molecular formula is C5H10N2S. The molecule has 0 atom stereocenters. The number of thiocarbonyl (C=S) groups is 1. The van der Waals surface area contributed by atoms with E-state index in [1.807, 2.05) is 13.0 Å². The molecule has 46 valence electrons. The number of nitrogens with two attached hydrogens (primary N) is 1. The zero-order chi connectivity index (χ0) is 6.57. The highest BCUT2D eigenvalue weighted by atomic mass is 32.1. The molecule has 0 aromatic rings. The number of likely N-dealkylation sites (N-methyl/N-ethyl adjacent to an activating group) is 1. The summed E-state index contributed by atoms with van der Waals surface area (Å²) in [5.41, 5.74) is 6.08. The molecule has 0 radical (unpaired) electrons. The average molecular weight is 130 g/mol. The summed E-state index contributed by atoms with van der Waals surface area (Å²) in [6, 6.07) is 0. The predicted octanol–water partition coefficient (Wildman–Crippen LogP) is 0.396. The minimum Gasteiger partial charge on any atom is -0.388 e. The van der Waals surface area contributed by atoms with Crippen molar-refractivity contribution in [2.75, 3.05) is 7.05 Å². The lowest BCUT2D eigenvalue weighted by molar-refractivity contribution is 1.05. The Balaban J connectivity index is 3.92. The van der Waals surface area contributed by atoms with E-state index in [1.54, 1.807) is 7.05 Å². The normalized spacial score (nSPS) is 11.0. The van der Waals surface area contributed by atoms with Crippen molar-refractivity contribution < 1.29 is 0 Å². The Morgan fingerprint density at radius 2 is 2.25 bits per heavy atom. The molecule has 0 aromatic carbocycles. The average Bonchev–Trinajstić information content (AvgIpc) is 1.69. The van der Waals surface area contributed by atoms with Gasteiger partial charge in [-0.25, -0.2) is 0 Å². The minimum atomic E-state index is 0.412. The minimum absolute atomic E-state index is 0.412. The molecule has 8 heavy (non-hydrogen) atoms. The summed E-state index contributed by atoms with van der Waals surface area (Å²) in [4.78, 5) is 0.412. The Morgan fingerprint density at radius 3 is 2.25 bits per heavy atom. The van der Waals surface area contributed by atoms with Crippen molar-refractivity contribution in [2.24, 2.45) is 5.73 Å². The van der Waals surface area contributed by atoms with Crippen LogP contribution in [0.3, 0.4) is 0 Å². The van der Waals surface area contributed by atoms with Crippen molar-refractivity contribution in [3.05, 3.63) is 11.8 Å². The molecule has 0 unspecified atom stereocenters. The maximum absolute atomic E-state index is 5.26. The zero-order valence-corrected chi connectivity index (χ0v) is 5.88. The standard InChI is InChI=1S/C5H10N2S/c1-3-4(7-2)5(6)8/h3,7H,1-2H3,(H2,6,8)/b4-3-. The molecular weight excluding hydrogens is 120 g/mol. The highest BCUT2D eigenvalue weighted by Crippen LogP contribution is 1.84. The summed E-state index contributed by atoms with van der Waals surface area (Å²) in [5, 5.41) is 2.85. The van der Waals surface area contributed by atoms with Gasteiger partial charge < -0.3 is 11.1 Å². The lowest BCUT2D eigenvalue weighted by Crippen LogP contribution is -2.20. The largest absolute Gasteiger partial charge is 0.388 e. The Kier molecular flexibility index (Phi) is 3.19. The van der Waals surface area contributed by atoms with E-state index < -0.39 is 0 Å². The first kappa shape index (κ1) is 7.43. The lowest BCUT2D eigenvalue weighted by atomic mass is 10.4. The highest BCUT2D eigenvalue weighted by molar-refractivity contribution is 7.80. The Labute approximate surface area is 54.8 Å². The molecule has 0 aromatic heterocycles. The number of allylic oxidation sites excluding steroid dienone is 1. The van der Waals surface area contributed by atoms with Crippen LogP contribution < -0.4 is 11.1 Å². The molecule has 0 amide bonds. The molecule has 0 aliphatic carbocycles. The summed E-state index contributed by atoms with van der Waals surface area (Å²) in [7, 11) is 1.79. The lowest BCUT2D eigenvalue weighted by Gasteiger charge is -2.00. The van der Waals surface area contributed by atoms with E-state index in [-0.39, 0.29) is 0 Å². The third kappa shape index (κ3) is 1.93. The third-order valence-corrected chi connectivity index (χ3v) is 1.04. The second-order valence-electron chi connectivity index (χ2n) is 1.32. The summed E-state index contributed by atoms with van der Waals surface area (Å²) >= 11 is 4.66. The first-order chi connectivity index (χ1) is 3.72. The monoisotopic (exact) mass is 130 g/mol. The van der Waals surface area contributed by atoms with Crippen LogP contribution in [-0.2, 0) is 0 Å². The van der Waals surface area contributed by atoms with Crippen molar-refractivity contribution in [2.45, 2.75) is 6.92 Å². The quantitative estimate of drug-likeness (QED) is 0.419. The van der Waals surface area contributed by atoms with Crippen LogP contribution in [0.25, 0.3) is 0 Å². The summed E-state index contributed by atoms with van der Waals surface area (Å²) in [6.07, 6.45) is 1.84. The third-order valence-electron chi connectivity index (χ3n) is 0.823. The molecule has 2 nitrogen and oxygen atoms in total. The first-order valence-electron chi connectivity index (χ1n) is 2.36. The van der Waals surface area contributed by atoms with Gasteiger partial charge in [0.1, 0.15) is 4.99 Å². The van der Waals surface area contributed by atoms with Crippen LogP contribution in [0.4, 0.5) is 0 Å². The predicted molar refractivity (Wildman–Crippen MR) is 39.6 cm³/mol. The second kappa shape index (κ2) is 3.43. The molecule has 0 aliphatic heterocycles. The van der Waals surface area contributed by atoms with Gasteiger partial charge in [-0.1, -0.05) is 18.3 Å². The van der Waals surface area contributed by atoms with Crippen molar-refractivity contribution in [3.8, 4) is 0 Å². The fourth-order valence-corrected chi connectivity index (χ4v) is 0.630. The highest BCUT2D eigenvalue weighted by Gasteiger charge is 1.90. The van der Waals surface area contributed by atoms with Gasteiger partial charge in [0.15, 0.2) is 0 Å². The smallest absolute Gasteiger partial charge is 0.119 e.